The van der Waals surface area contributed by atoms with Crippen LogP contribution in [-0.4, -0.2) is 19.9 Å². The molecule has 1 aliphatic heterocycles. The van der Waals surface area contributed by atoms with E-state index in [4.69, 9.17) is 24.7 Å². The smallest absolute Gasteiger partial charge is 0.164 e. The summed E-state index contributed by atoms with van der Waals surface area (Å²) in [6.07, 6.45) is 0. The third kappa shape index (κ3) is 5.51. The molecule has 9 aromatic carbocycles. The van der Waals surface area contributed by atoms with E-state index in [0.29, 0.717) is 17.5 Å². The van der Waals surface area contributed by atoms with Crippen LogP contribution in [0.1, 0.15) is 22.3 Å². The monoisotopic (exact) mass is 816 g/mol. The molecule has 298 valence electrons. The summed E-state index contributed by atoms with van der Waals surface area (Å²) in [4.78, 5) is 20.3. The predicted molar refractivity (Wildman–Crippen MR) is 257 cm³/mol. The highest BCUT2D eigenvalue weighted by molar-refractivity contribution is 6.13. The molecule has 13 rings (SSSR count). The summed E-state index contributed by atoms with van der Waals surface area (Å²) in [5.74, 6) is 3.61. The Morgan fingerprint density at radius 1 is 0.297 bits per heavy atom. The quantitative estimate of drug-likeness (QED) is 0.162. The van der Waals surface area contributed by atoms with Gasteiger partial charge < -0.3 is 4.74 Å². The van der Waals surface area contributed by atoms with Gasteiger partial charge in [0.1, 0.15) is 11.5 Å². The lowest BCUT2D eigenvalue weighted by molar-refractivity contribution is 0.437. The number of benzene rings is 9. The Hall–Kier alpha value is -8.54. The van der Waals surface area contributed by atoms with Crippen LogP contribution in [0, 0.1) is 0 Å². The van der Waals surface area contributed by atoms with Crippen LogP contribution in [0.3, 0.4) is 0 Å². The van der Waals surface area contributed by atoms with Crippen molar-refractivity contribution in [3.8, 4) is 79.2 Å². The maximum absolute atomic E-state index is 6.97. The Kier molecular flexibility index (Phi) is 8.06. The number of aromatic nitrogens is 4. The summed E-state index contributed by atoms with van der Waals surface area (Å²) in [5, 5.41) is 3.24. The molecule has 1 spiro atoms. The first-order chi connectivity index (χ1) is 31.7. The molecule has 0 amide bonds. The lowest BCUT2D eigenvalue weighted by Crippen LogP contribution is -2.32. The summed E-state index contributed by atoms with van der Waals surface area (Å²) in [5.41, 5.74) is 14.6. The molecular weight excluding hydrogens is 781 g/mol. The normalized spacial score (nSPS) is 12.9. The molecule has 2 aliphatic rings. The van der Waals surface area contributed by atoms with Crippen LogP contribution in [0.25, 0.3) is 89.4 Å². The highest BCUT2D eigenvalue weighted by Gasteiger charge is 2.51. The summed E-state index contributed by atoms with van der Waals surface area (Å²) in [6, 6.07) is 76.8. The van der Waals surface area contributed by atoms with Gasteiger partial charge in [-0.05, 0) is 69.1 Å². The molecule has 11 aromatic rings. The Labute approximate surface area is 370 Å². The highest BCUT2D eigenvalue weighted by atomic mass is 16.5. The molecule has 0 saturated heterocycles. The number of para-hydroxylation sites is 1. The molecule has 0 N–H and O–H groups in total. The maximum atomic E-state index is 6.97. The molecule has 5 nitrogen and oxygen atoms in total. The van der Waals surface area contributed by atoms with Gasteiger partial charge in [0.05, 0.1) is 16.6 Å². The standard InChI is InChI=1S/C59H36N4O/c1-4-16-38(17-5-1)55-47-36-54-51(59(50-26-14-15-27-53(50)64-54)48-24-12-10-22-43(48)44-23-11-13-25-49(44)59)35-45(47)46-34-42(32-33-52(46)60-55)37-28-30-41(31-29-37)58-62-56(39-18-6-2-7-19-39)61-57(63-58)40-20-8-3-9-21-40/h1-36H. The van der Waals surface area contributed by atoms with Crippen molar-refractivity contribution in [1.29, 1.82) is 0 Å². The molecule has 0 fully saturated rings. The number of rotatable bonds is 5. The minimum atomic E-state index is -0.586. The van der Waals surface area contributed by atoms with Crippen molar-refractivity contribution in [3.05, 3.63) is 241 Å². The van der Waals surface area contributed by atoms with Crippen LogP contribution < -0.4 is 4.74 Å². The lowest BCUT2D eigenvalue weighted by Gasteiger charge is -2.39. The number of fused-ring (bicyclic) bond motifs is 12. The van der Waals surface area contributed by atoms with Crippen LogP contribution in [0.2, 0.25) is 0 Å². The minimum absolute atomic E-state index is 0.586. The molecule has 0 bridgehead atoms. The number of nitrogens with zero attached hydrogens (tertiary/aromatic N) is 4. The first-order valence-corrected chi connectivity index (χ1v) is 21.6. The fraction of sp³-hybridized carbons (Fsp3) is 0.0169. The fourth-order valence-corrected chi connectivity index (χ4v) is 10.1. The molecule has 5 heteroatoms. The molecule has 3 heterocycles. The maximum Gasteiger partial charge on any atom is 0.164 e. The third-order valence-corrected chi connectivity index (χ3v) is 13.0. The molecule has 2 aromatic heterocycles. The lowest BCUT2D eigenvalue weighted by atomic mass is 9.65. The van der Waals surface area contributed by atoms with E-state index in [1.165, 1.54) is 22.3 Å². The van der Waals surface area contributed by atoms with E-state index in [2.05, 4.69) is 158 Å². The molecule has 0 radical (unpaired) electrons. The molecular formula is C59H36N4O. The summed E-state index contributed by atoms with van der Waals surface area (Å²) in [7, 11) is 0. The first-order valence-electron chi connectivity index (χ1n) is 21.6. The van der Waals surface area contributed by atoms with Gasteiger partial charge in [-0.15, -0.1) is 0 Å². The van der Waals surface area contributed by atoms with E-state index in [-0.39, 0.29) is 0 Å². The van der Waals surface area contributed by atoms with Crippen LogP contribution in [0.4, 0.5) is 0 Å². The van der Waals surface area contributed by atoms with Gasteiger partial charge in [-0.3, -0.25) is 0 Å². The van der Waals surface area contributed by atoms with E-state index in [0.717, 1.165) is 83.4 Å². The predicted octanol–water partition coefficient (Wildman–Crippen LogP) is 14.4. The van der Waals surface area contributed by atoms with E-state index >= 15 is 0 Å². The third-order valence-electron chi connectivity index (χ3n) is 13.0. The molecule has 0 atom stereocenters. The number of hydrogen-bond acceptors (Lipinski definition) is 5. The average Bonchev–Trinajstić information content (AvgIpc) is 3.66. The highest BCUT2D eigenvalue weighted by Crippen LogP contribution is 2.62. The van der Waals surface area contributed by atoms with Crippen LogP contribution in [0.15, 0.2) is 218 Å². The second-order valence-electron chi connectivity index (χ2n) is 16.5. The summed E-state index contributed by atoms with van der Waals surface area (Å²) < 4.78 is 6.97. The summed E-state index contributed by atoms with van der Waals surface area (Å²) in [6.45, 7) is 0. The Morgan fingerprint density at radius 2 is 0.781 bits per heavy atom. The van der Waals surface area contributed by atoms with E-state index < -0.39 is 5.41 Å². The summed E-state index contributed by atoms with van der Waals surface area (Å²) >= 11 is 0. The Morgan fingerprint density at radius 3 is 1.39 bits per heavy atom. The van der Waals surface area contributed by atoms with Gasteiger partial charge >= 0.3 is 0 Å². The number of hydrogen-bond donors (Lipinski definition) is 0. The van der Waals surface area contributed by atoms with Gasteiger partial charge in [-0.2, -0.15) is 0 Å². The van der Waals surface area contributed by atoms with Crippen LogP contribution in [0.5, 0.6) is 11.5 Å². The van der Waals surface area contributed by atoms with E-state index in [1.807, 2.05) is 60.7 Å². The van der Waals surface area contributed by atoms with Gasteiger partial charge in [0.25, 0.3) is 0 Å². The zero-order chi connectivity index (χ0) is 42.2. The van der Waals surface area contributed by atoms with Crippen molar-refractivity contribution in [1.82, 2.24) is 19.9 Å². The fourth-order valence-electron chi connectivity index (χ4n) is 10.1. The van der Waals surface area contributed by atoms with Crippen LogP contribution >= 0.6 is 0 Å². The van der Waals surface area contributed by atoms with Crippen molar-refractivity contribution in [2.45, 2.75) is 5.41 Å². The van der Waals surface area contributed by atoms with Gasteiger partial charge in [-0.1, -0.05) is 188 Å². The topological polar surface area (TPSA) is 60.8 Å². The molecule has 64 heavy (non-hydrogen) atoms. The number of pyridine rings is 1. The van der Waals surface area contributed by atoms with Crippen molar-refractivity contribution >= 4 is 21.7 Å². The van der Waals surface area contributed by atoms with E-state index in [9.17, 15) is 0 Å². The van der Waals surface area contributed by atoms with Gasteiger partial charge in [0.15, 0.2) is 17.5 Å². The van der Waals surface area contributed by atoms with Gasteiger partial charge in [0, 0.05) is 44.2 Å². The zero-order valence-corrected chi connectivity index (χ0v) is 34.5. The van der Waals surface area contributed by atoms with Crippen LogP contribution in [-0.2, 0) is 5.41 Å². The van der Waals surface area contributed by atoms with Crippen molar-refractivity contribution in [2.24, 2.45) is 0 Å². The Bertz CT molecular complexity index is 3520. The SMILES string of the molecule is c1ccc(-c2nc(-c3ccccc3)nc(-c3ccc(-c4ccc5nc(-c6ccccc6)c6cc7c(cc6c5c4)C4(c5ccccc5O7)c5ccccc5-c5ccccc54)cc3)n2)cc1. The molecule has 0 unspecified atom stereocenters. The second kappa shape index (κ2) is 14.3. The molecule has 0 saturated carbocycles. The van der Waals surface area contributed by atoms with Gasteiger partial charge in [-0.25, -0.2) is 19.9 Å². The van der Waals surface area contributed by atoms with Crippen molar-refractivity contribution in [2.75, 3.05) is 0 Å². The van der Waals surface area contributed by atoms with Gasteiger partial charge in [0.2, 0.25) is 0 Å². The first kappa shape index (κ1) is 36.1. The second-order valence-corrected chi connectivity index (χ2v) is 16.5. The van der Waals surface area contributed by atoms with Crippen molar-refractivity contribution < 1.29 is 4.74 Å². The minimum Gasteiger partial charge on any atom is -0.457 e. The number of ether oxygens (including phenoxy) is 1. The Balaban J connectivity index is 1.00. The van der Waals surface area contributed by atoms with E-state index in [1.54, 1.807) is 0 Å². The molecule has 1 aliphatic carbocycles. The van der Waals surface area contributed by atoms with Crippen molar-refractivity contribution in [3.63, 3.8) is 0 Å². The average molecular weight is 817 g/mol. The largest absolute Gasteiger partial charge is 0.457 e. The zero-order valence-electron chi connectivity index (χ0n) is 34.5.